The summed E-state index contributed by atoms with van der Waals surface area (Å²) in [5, 5.41) is 0. The molecule has 1 atom stereocenters. The van der Waals surface area contributed by atoms with Gasteiger partial charge in [-0.3, -0.25) is 9.69 Å². The van der Waals surface area contributed by atoms with Crippen LogP contribution in [0, 0.1) is 12.8 Å². The summed E-state index contributed by atoms with van der Waals surface area (Å²) in [6.45, 7) is 6.45. The number of nitrogens with zero attached hydrogens (tertiary/aromatic N) is 3. The van der Waals surface area contributed by atoms with E-state index in [1.807, 2.05) is 30.0 Å². The van der Waals surface area contributed by atoms with Crippen molar-refractivity contribution in [3.05, 3.63) is 59.7 Å². The summed E-state index contributed by atoms with van der Waals surface area (Å²) in [5.74, 6) is 0.459. The SMILES string of the molecule is COc1ccc(S(=O)(=O)N2CCC[C@@H](C(=O)N3CCN(Cc4ccccc4)CC3)C2)cc1C. The minimum atomic E-state index is -3.65. The zero-order chi connectivity index (χ0) is 23.4. The van der Waals surface area contributed by atoms with Gasteiger partial charge in [0.05, 0.1) is 17.9 Å². The van der Waals surface area contributed by atoms with Crippen LogP contribution in [0.25, 0.3) is 0 Å². The Morgan fingerprint density at radius 3 is 2.42 bits per heavy atom. The van der Waals surface area contributed by atoms with Crippen molar-refractivity contribution in [2.75, 3.05) is 46.4 Å². The Morgan fingerprint density at radius 2 is 1.76 bits per heavy atom. The molecule has 0 N–H and O–H groups in total. The normalized spacial score (nSPS) is 20.5. The van der Waals surface area contributed by atoms with Gasteiger partial charge in [0.2, 0.25) is 15.9 Å². The van der Waals surface area contributed by atoms with Crippen LogP contribution in [0.3, 0.4) is 0 Å². The smallest absolute Gasteiger partial charge is 0.243 e. The van der Waals surface area contributed by atoms with Gasteiger partial charge >= 0.3 is 0 Å². The van der Waals surface area contributed by atoms with E-state index in [4.69, 9.17) is 4.74 Å². The zero-order valence-corrected chi connectivity index (χ0v) is 20.3. The van der Waals surface area contributed by atoms with Gasteiger partial charge in [0.15, 0.2) is 0 Å². The number of carbonyl (C=O) groups excluding carboxylic acids is 1. The first-order valence-electron chi connectivity index (χ1n) is 11.6. The highest BCUT2D eigenvalue weighted by atomic mass is 32.2. The lowest BCUT2D eigenvalue weighted by molar-refractivity contribution is -0.138. The van der Waals surface area contributed by atoms with Crippen LogP contribution in [-0.2, 0) is 21.4 Å². The molecule has 7 nitrogen and oxygen atoms in total. The Labute approximate surface area is 197 Å². The van der Waals surface area contributed by atoms with Crippen molar-refractivity contribution in [2.24, 2.45) is 5.92 Å². The summed E-state index contributed by atoms with van der Waals surface area (Å²) in [7, 11) is -2.08. The van der Waals surface area contributed by atoms with Crippen molar-refractivity contribution in [2.45, 2.75) is 31.2 Å². The van der Waals surface area contributed by atoms with Crippen molar-refractivity contribution in [1.29, 1.82) is 0 Å². The predicted molar refractivity (Wildman–Crippen MR) is 128 cm³/mol. The highest BCUT2D eigenvalue weighted by Crippen LogP contribution is 2.28. The van der Waals surface area contributed by atoms with Crippen LogP contribution in [0.15, 0.2) is 53.4 Å². The number of hydrogen-bond acceptors (Lipinski definition) is 5. The third kappa shape index (κ3) is 5.39. The molecule has 2 saturated heterocycles. The Hall–Kier alpha value is -2.42. The predicted octanol–water partition coefficient (Wildman–Crippen LogP) is 2.75. The first-order chi connectivity index (χ1) is 15.9. The number of piperazine rings is 1. The number of benzene rings is 2. The molecule has 2 aliphatic rings. The molecule has 33 heavy (non-hydrogen) atoms. The molecule has 2 heterocycles. The number of methoxy groups -OCH3 is 1. The quantitative estimate of drug-likeness (QED) is 0.648. The molecule has 0 aromatic heterocycles. The summed E-state index contributed by atoms with van der Waals surface area (Å²) in [5.41, 5.74) is 2.05. The van der Waals surface area contributed by atoms with Crippen molar-refractivity contribution in [1.82, 2.24) is 14.1 Å². The minimum absolute atomic E-state index is 0.0835. The molecule has 0 spiro atoms. The molecule has 0 unspecified atom stereocenters. The number of rotatable bonds is 6. The first-order valence-corrected chi connectivity index (χ1v) is 13.0. The first kappa shape index (κ1) is 23.7. The van der Waals surface area contributed by atoms with Gasteiger partial charge < -0.3 is 9.64 Å². The Bertz CT molecular complexity index is 1070. The molecule has 0 radical (unpaired) electrons. The van der Waals surface area contributed by atoms with E-state index in [1.165, 1.54) is 9.87 Å². The number of piperidine rings is 1. The van der Waals surface area contributed by atoms with E-state index in [0.717, 1.165) is 31.6 Å². The third-order valence-corrected chi connectivity index (χ3v) is 8.53. The average molecular weight is 472 g/mol. The van der Waals surface area contributed by atoms with E-state index in [1.54, 1.807) is 25.3 Å². The van der Waals surface area contributed by atoms with E-state index < -0.39 is 10.0 Å². The van der Waals surface area contributed by atoms with Gasteiger partial charge in [-0.25, -0.2) is 8.42 Å². The van der Waals surface area contributed by atoms with Crippen LogP contribution in [0.2, 0.25) is 0 Å². The zero-order valence-electron chi connectivity index (χ0n) is 19.4. The molecule has 0 saturated carbocycles. The van der Waals surface area contributed by atoms with Gasteiger partial charge in [-0.15, -0.1) is 0 Å². The van der Waals surface area contributed by atoms with Crippen LogP contribution in [0.1, 0.15) is 24.0 Å². The van der Waals surface area contributed by atoms with Gasteiger partial charge in [0, 0.05) is 45.8 Å². The fourth-order valence-electron chi connectivity index (χ4n) is 4.75. The third-order valence-electron chi connectivity index (χ3n) is 6.67. The fraction of sp³-hybridized carbons (Fsp3) is 0.480. The molecular weight excluding hydrogens is 438 g/mol. The second kappa shape index (κ2) is 10.2. The van der Waals surface area contributed by atoms with Crippen LogP contribution in [0.4, 0.5) is 0 Å². The lowest BCUT2D eigenvalue weighted by Crippen LogP contribution is -2.52. The molecule has 2 aromatic rings. The van der Waals surface area contributed by atoms with Crippen molar-refractivity contribution < 1.29 is 17.9 Å². The largest absolute Gasteiger partial charge is 0.496 e. The van der Waals surface area contributed by atoms with E-state index >= 15 is 0 Å². The van der Waals surface area contributed by atoms with Crippen molar-refractivity contribution in [3.63, 3.8) is 0 Å². The number of ether oxygens (including phenoxy) is 1. The van der Waals surface area contributed by atoms with Crippen LogP contribution in [0.5, 0.6) is 5.75 Å². The Kier molecular flexibility index (Phi) is 7.36. The highest BCUT2D eigenvalue weighted by molar-refractivity contribution is 7.89. The fourth-order valence-corrected chi connectivity index (χ4v) is 6.36. The lowest BCUT2D eigenvalue weighted by atomic mass is 9.97. The van der Waals surface area contributed by atoms with E-state index in [-0.39, 0.29) is 23.3 Å². The number of amides is 1. The van der Waals surface area contributed by atoms with Gasteiger partial charge in [0.25, 0.3) is 0 Å². The minimum Gasteiger partial charge on any atom is -0.496 e. The molecule has 4 rings (SSSR count). The molecule has 2 aliphatic heterocycles. The molecule has 8 heteroatoms. The number of hydrogen-bond donors (Lipinski definition) is 0. The summed E-state index contributed by atoms with van der Waals surface area (Å²) in [6.07, 6.45) is 1.43. The van der Waals surface area contributed by atoms with E-state index in [2.05, 4.69) is 17.0 Å². The Balaban J connectivity index is 1.36. The van der Waals surface area contributed by atoms with E-state index in [0.29, 0.717) is 31.8 Å². The maximum atomic E-state index is 13.3. The molecule has 0 aliphatic carbocycles. The number of carbonyl (C=O) groups is 1. The summed E-state index contributed by atoms with van der Waals surface area (Å²) in [6, 6.07) is 15.3. The summed E-state index contributed by atoms with van der Waals surface area (Å²) < 4.78 is 33.2. The van der Waals surface area contributed by atoms with Gasteiger partial charge in [-0.2, -0.15) is 4.31 Å². The van der Waals surface area contributed by atoms with Crippen molar-refractivity contribution in [3.8, 4) is 5.75 Å². The summed E-state index contributed by atoms with van der Waals surface area (Å²) in [4.78, 5) is 17.8. The average Bonchev–Trinajstić information content (AvgIpc) is 2.84. The maximum Gasteiger partial charge on any atom is 0.243 e. The Morgan fingerprint density at radius 1 is 1.03 bits per heavy atom. The maximum absolute atomic E-state index is 13.3. The second-order valence-electron chi connectivity index (χ2n) is 8.92. The molecule has 2 fully saturated rings. The van der Waals surface area contributed by atoms with Crippen LogP contribution >= 0.6 is 0 Å². The highest BCUT2D eigenvalue weighted by Gasteiger charge is 2.36. The molecule has 0 bridgehead atoms. The second-order valence-corrected chi connectivity index (χ2v) is 10.9. The lowest BCUT2D eigenvalue weighted by Gasteiger charge is -2.38. The van der Waals surface area contributed by atoms with Gasteiger partial charge in [-0.1, -0.05) is 30.3 Å². The topological polar surface area (TPSA) is 70.2 Å². The molecular formula is C25H33N3O4S. The molecule has 2 aromatic carbocycles. The van der Waals surface area contributed by atoms with Crippen LogP contribution < -0.4 is 4.74 Å². The summed E-state index contributed by atoms with van der Waals surface area (Å²) >= 11 is 0. The number of aryl methyl sites for hydroxylation is 1. The standard InChI is InChI=1S/C25H33N3O4S/c1-20-17-23(10-11-24(20)32-2)33(30,31)28-12-6-9-22(19-28)25(29)27-15-13-26(14-16-27)18-21-7-4-3-5-8-21/h3-5,7-8,10-11,17,22H,6,9,12-16,18-19H2,1-2H3/t22-/m1/s1. The van der Waals surface area contributed by atoms with Gasteiger partial charge in [-0.05, 0) is 49.1 Å². The van der Waals surface area contributed by atoms with Crippen molar-refractivity contribution >= 4 is 15.9 Å². The van der Waals surface area contributed by atoms with E-state index in [9.17, 15) is 13.2 Å². The monoisotopic (exact) mass is 471 g/mol. The number of sulfonamides is 1. The van der Waals surface area contributed by atoms with Crippen LogP contribution in [-0.4, -0.2) is 74.8 Å². The van der Waals surface area contributed by atoms with Gasteiger partial charge in [0.1, 0.15) is 5.75 Å². The molecule has 178 valence electrons. The molecule has 1 amide bonds.